The maximum absolute atomic E-state index is 13.4. The molecule has 1 heterocycles. The molecule has 1 aliphatic rings. The maximum atomic E-state index is 13.4. The molecule has 0 saturated carbocycles. The number of carbonyl (C=O) groups is 1. The Bertz CT molecular complexity index is 611. The smallest absolute Gasteiger partial charge is 0.225 e. The molecule has 0 aliphatic carbocycles. The summed E-state index contributed by atoms with van der Waals surface area (Å²) in [6, 6.07) is 0.284. The number of nitrogens with zero attached hydrogens (tertiary/aromatic N) is 1. The number of halogens is 1. The van der Waals surface area contributed by atoms with Gasteiger partial charge in [0.25, 0.3) is 0 Å². The van der Waals surface area contributed by atoms with Gasteiger partial charge in [-0.25, -0.2) is 0 Å². The molecule has 0 spiro atoms. The quantitative estimate of drug-likeness (QED) is 0.104. The Balaban J connectivity index is 2.73. The van der Waals surface area contributed by atoms with Crippen molar-refractivity contribution in [3.63, 3.8) is 0 Å². The van der Waals surface area contributed by atoms with E-state index in [4.69, 9.17) is 4.74 Å². The molecule has 6 unspecified atom stereocenters. The molecule has 1 aliphatic heterocycles. The summed E-state index contributed by atoms with van der Waals surface area (Å²) in [5.74, 6) is 1.71. The number of likely N-dealkylation sites (N-methyl/N-ethyl adjacent to an activating group) is 1. The Morgan fingerprint density at radius 1 is 1.14 bits per heavy atom. The zero-order valence-electron chi connectivity index (χ0n) is 24.2. The molecule has 1 amide bonds. The number of ether oxygens (including phenoxy) is 1. The van der Waals surface area contributed by atoms with Gasteiger partial charge in [0, 0.05) is 36.2 Å². The van der Waals surface area contributed by atoms with Crippen LogP contribution in [-0.2, 0) is 9.53 Å². The lowest BCUT2D eigenvalue weighted by atomic mass is 9.81. The van der Waals surface area contributed by atoms with Gasteiger partial charge < -0.3 is 25.2 Å². The summed E-state index contributed by atoms with van der Waals surface area (Å²) >= 11 is 2.33. The molecule has 0 bridgehead atoms. The fourth-order valence-corrected chi connectivity index (χ4v) is 6.31. The molecule has 8 heteroatoms. The van der Waals surface area contributed by atoms with Crippen LogP contribution in [-0.4, -0.2) is 82.7 Å². The lowest BCUT2D eigenvalue weighted by Crippen LogP contribution is -2.52. The van der Waals surface area contributed by atoms with Gasteiger partial charge in [0.05, 0.1) is 18.6 Å². The number of methoxy groups -OCH3 is 1. The predicted octanol–water partition coefficient (Wildman–Crippen LogP) is 4.19. The number of carbonyl (C=O) groups excluding carboxylic acids is 1. The topological polar surface area (TPSA) is 94.1 Å². The van der Waals surface area contributed by atoms with Crippen LogP contribution >= 0.6 is 22.6 Å². The number of likely N-dealkylation sites (tertiary alicyclic amines) is 1. The van der Waals surface area contributed by atoms with E-state index in [2.05, 4.69) is 79.7 Å². The first-order valence-corrected chi connectivity index (χ1v) is 15.5. The van der Waals surface area contributed by atoms with Crippen molar-refractivity contribution in [3.8, 4) is 0 Å². The highest BCUT2D eigenvalue weighted by Crippen LogP contribution is 2.32. The minimum Gasteiger partial charge on any atom is -0.391 e. The van der Waals surface area contributed by atoms with Crippen LogP contribution in [0.3, 0.4) is 0 Å². The van der Waals surface area contributed by atoms with Gasteiger partial charge in [-0.2, -0.15) is 0 Å². The molecule has 214 valence electrons. The normalized spacial score (nSPS) is 23.2. The number of amides is 1. The number of aliphatic hydroxyl groups excluding tert-OH is 2. The van der Waals surface area contributed by atoms with Gasteiger partial charge in [0.15, 0.2) is 0 Å². The lowest BCUT2D eigenvalue weighted by Gasteiger charge is -2.34. The second-order valence-corrected chi connectivity index (χ2v) is 12.9. The summed E-state index contributed by atoms with van der Waals surface area (Å²) in [5, 5.41) is 27.4. The maximum Gasteiger partial charge on any atom is 0.225 e. The van der Waals surface area contributed by atoms with Crippen LogP contribution in [0.2, 0.25) is 0 Å². The van der Waals surface area contributed by atoms with Crippen LogP contribution in [0.15, 0.2) is 0 Å². The van der Waals surface area contributed by atoms with Crippen LogP contribution < -0.4 is 10.6 Å². The molecule has 0 aromatic heterocycles. The average Bonchev–Trinajstić information content (AvgIpc) is 3.35. The van der Waals surface area contributed by atoms with Gasteiger partial charge in [-0.15, -0.1) is 0 Å². The van der Waals surface area contributed by atoms with Gasteiger partial charge in [-0.1, -0.05) is 77.0 Å². The minimum atomic E-state index is -0.713. The fraction of sp³-hybridized carbons (Fsp3) is 0.964. The molecular formula is C28H56IN3O4. The molecule has 1 fully saturated rings. The molecule has 1 saturated heterocycles. The lowest BCUT2D eigenvalue weighted by molar-refractivity contribution is -0.137. The SMILES string of the molecule is CCC(C)C1CCCN1C(=O)C[C@@H](OC)C(CCC(I)C(O)CNC(O)[C@@H](NC)C(C)C)[C@@H](C)CC. The van der Waals surface area contributed by atoms with E-state index < -0.39 is 12.3 Å². The van der Waals surface area contributed by atoms with E-state index in [-0.39, 0.29) is 33.8 Å². The van der Waals surface area contributed by atoms with Gasteiger partial charge in [-0.05, 0) is 56.4 Å². The number of hydrogen-bond donors (Lipinski definition) is 4. The van der Waals surface area contributed by atoms with Crippen molar-refractivity contribution < 1.29 is 19.7 Å². The van der Waals surface area contributed by atoms with E-state index in [1.54, 1.807) is 7.11 Å². The third kappa shape index (κ3) is 10.3. The Hall–Kier alpha value is -0.0000000000000000971. The molecule has 0 radical (unpaired) electrons. The summed E-state index contributed by atoms with van der Waals surface area (Å²) < 4.78 is 6.00. The van der Waals surface area contributed by atoms with Crippen molar-refractivity contribution >= 4 is 28.5 Å². The van der Waals surface area contributed by atoms with Gasteiger partial charge >= 0.3 is 0 Å². The largest absolute Gasteiger partial charge is 0.391 e. The van der Waals surface area contributed by atoms with Crippen LogP contribution in [0.25, 0.3) is 0 Å². The minimum absolute atomic E-state index is 0.0440. The van der Waals surface area contributed by atoms with Gasteiger partial charge in [-0.3, -0.25) is 10.1 Å². The zero-order chi connectivity index (χ0) is 27.4. The van der Waals surface area contributed by atoms with Crippen molar-refractivity contribution in [2.45, 2.75) is 121 Å². The molecule has 0 aromatic rings. The number of nitrogens with one attached hydrogen (secondary N) is 2. The van der Waals surface area contributed by atoms with E-state index in [1.165, 1.54) is 0 Å². The van der Waals surface area contributed by atoms with Crippen molar-refractivity contribution in [1.82, 2.24) is 15.5 Å². The Kier molecular flexibility index (Phi) is 16.6. The second-order valence-electron chi connectivity index (χ2n) is 11.3. The van der Waals surface area contributed by atoms with E-state index >= 15 is 0 Å². The van der Waals surface area contributed by atoms with Gasteiger partial charge in [0.2, 0.25) is 5.91 Å². The van der Waals surface area contributed by atoms with E-state index in [0.29, 0.717) is 30.8 Å². The van der Waals surface area contributed by atoms with Crippen LogP contribution in [0.4, 0.5) is 0 Å². The second kappa shape index (κ2) is 17.6. The third-order valence-electron chi connectivity index (χ3n) is 8.57. The highest BCUT2D eigenvalue weighted by atomic mass is 127. The predicted molar refractivity (Wildman–Crippen MR) is 157 cm³/mol. The summed E-state index contributed by atoms with van der Waals surface area (Å²) in [7, 11) is 3.57. The summed E-state index contributed by atoms with van der Waals surface area (Å²) in [5.41, 5.74) is 0. The van der Waals surface area contributed by atoms with Crippen molar-refractivity contribution in [3.05, 3.63) is 0 Å². The molecule has 4 N–H and O–H groups in total. The Morgan fingerprint density at radius 3 is 2.33 bits per heavy atom. The van der Waals surface area contributed by atoms with Crippen molar-refractivity contribution in [2.24, 2.45) is 23.7 Å². The van der Waals surface area contributed by atoms with Gasteiger partial charge in [0.1, 0.15) is 6.23 Å². The number of aliphatic hydroxyl groups is 2. The molecule has 1 rings (SSSR count). The monoisotopic (exact) mass is 625 g/mol. The van der Waals surface area contributed by atoms with Crippen molar-refractivity contribution in [2.75, 3.05) is 27.2 Å². The molecule has 9 atom stereocenters. The molecule has 36 heavy (non-hydrogen) atoms. The highest BCUT2D eigenvalue weighted by Gasteiger charge is 2.35. The van der Waals surface area contributed by atoms with Crippen LogP contribution in [0.5, 0.6) is 0 Å². The Morgan fingerprint density at radius 2 is 1.81 bits per heavy atom. The standard InChI is InChI=1S/C28H56IN3O4/c1-9-19(5)21(13-14-22(29)24(33)17-31-28(35)27(30-7)18(3)4)25(36-8)16-26(34)32-15-11-12-23(32)20(6)10-2/h18-25,27-28,30-31,33,35H,9-17H2,1-8H3/t19-,20?,21?,22?,23?,24?,25+,27-,28?/m0/s1. The zero-order valence-corrected chi connectivity index (χ0v) is 26.3. The highest BCUT2D eigenvalue weighted by molar-refractivity contribution is 14.1. The first kappa shape index (κ1) is 34.0. The fourth-order valence-electron chi connectivity index (χ4n) is 5.70. The first-order chi connectivity index (χ1) is 17.0. The summed E-state index contributed by atoms with van der Waals surface area (Å²) in [6.07, 6.45) is 5.09. The van der Waals surface area contributed by atoms with Crippen LogP contribution in [0.1, 0.15) is 86.5 Å². The van der Waals surface area contributed by atoms with Crippen LogP contribution in [0, 0.1) is 23.7 Å². The molecule has 0 aromatic carbocycles. The van der Waals surface area contributed by atoms with E-state index in [0.717, 1.165) is 45.1 Å². The third-order valence-corrected chi connectivity index (χ3v) is 10.0. The Labute approximate surface area is 235 Å². The molecule has 7 nitrogen and oxygen atoms in total. The van der Waals surface area contributed by atoms with E-state index in [1.807, 2.05) is 7.05 Å². The van der Waals surface area contributed by atoms with E-state index in [9.17, 15) is 15.0 Å². The average molecular weight is 626 g/mol. The summed E-state index contributed by atoms with van der Waals surface area (Å²) in [6.45, 7) is 14.2. The summed E-state index contributed by atoms with van der Waals surface area (Å²) in [4.78, 5) is 15.5. The van der Waals surface area contributed by atoms with Crippen molar-refractivity contribution in [1.29, 1.82) is 0 Å². The number of rotatable bonds is 18. The first-order valence-electron chi connectivity index (χ1n) is 14.2. The molecular weight excluding hydrogens is 569 g/mol. The number of alkyl halides is 1. The number of hydrogen-bond acceptors (Lipinski definition) is 6.